The Bertz CT molecular complexity index is 611. The van der Waals surface area contributed by atoms with E-state index in [9.17, 15) is 4.79 Å². The van der Waals surface area contributed by atoms with Gasteiger partial charge in [-0.25, -0.2) is 0 Å². The second kappa shape index (κ2) is 7.18. The van der Waals surface area contributed by atoms with E-state index in [1.165, 1.54) is 32.1 Å². The van der Waals surface area contributed by atoms with Gasteiger partial charge in [0.05, 0.1) is 0 Å². The van der Waals surface area contributed by atoms with Crippen molar-refractivity contribution in [3.63, 3.8) is 0 Å². The topological polar surface area (TPSA) is 60.0 Å². The maximum atomic E-state index is 12.5. The van der Waals surface area contributed by atoms with Gasteiger partial charge in [0.25, 0.3) is 0 Å². The van der Waals surface area contributed by atoms with Gasteiger partial charge in [-0.2, -0.15) is 9.78 Å². The minimum Gasteiger partial charge on any atom is -0.340 e. The fourth-order valence-electron chi connectivity index (χ4n) is 7.60. The second-order valence-corrected chi connectivity index (χ2v) is 10.8. The molecule has 0 atom stereocenters. The largest absolute Gasteiger partial charge is 0.340 e. The van der Waals surface area contributed by atoms with Crippen LogP contribution in [0.2, 0.25) is 0 Å². The van der Waals surface area contributed by atoms with Crippen molar-refractivity contribution in [1.82, 2.24) is 10.2 Å². The number of hydrogen-bond acceptors (Lipinski definition) is 5. The molecule has 0 aromatic carbocycles. The van der Waals surface area contributed by atoms with Gasteiger partial charge in [0.1, 0.15) is 0 Å². The van der Waals surface area contributed by atoms with Crippen molar-refractivity contribution in [2.24, 2.45) is 29.6 Å². The van der Waals surface area contributed by atoms with E-state index in [1.807, 2.05) is 4.90 Å². The zero-order valence-corrected chi connectivity index (χ0v) is 17.6. The molecule has 0 aromatic rings. The molecule has 4 bridgehead atoms. The maximum Gasteiger partial charge on any atom is 0.222 e. The van der Waals surface area contributed by atoms with Gasteiger partial charge >= 0.3 is 0 Å². The zero-order valence-electron chi connectivity index (χ0n) is 17.6. The number of hydrogen-bond donors (Lipinski definition) is 1. The smallest absolute Gasteiger partial charge is 0.222 e. The van der Waals surface area contributed by atoms with E-state index < -0.39 is 11.6 Å². The number of nitrogens with one attached hydrogen (secondary N) is 1. The van der Waals surface area contributed by atoms with Crippen LogP contribution in [0.1, 0.15) is 70.6 Å². The second-order valence-electron chi connectivity index (χ2n) is 10.8. The van der Waals surface area contributed by atoms with E-state index in [1.54, 1.807) is 0 Å². The summed E-state index contributed by atoms with van der Waals surface area (Å²) in [6.45, 7) is 3.57. The van der Waals surface area contributed by atoms with E-state index >= 15 is 0 Å². The molecule has 1 N–H and O–H groups in total. The van der Waals surface area contributed by atoms with Crippen LogP contribution in [0, 0.1) is 29.6 Å². The standard InChI is InChI=1S/C23H36N2O4/c26-21(25-9-7-24-8-10-25)2-1-16-3-5-22(6-4-16)27-23(29-28-22)19-12-17-11-18(14-19)15-20(23)13-17/h16-20,24H,1-15H2. The summed E-state index contributed by atoms with van der Waals surface area (Å²) in [5.41, 5.74) is 0. The minimum atomic E-state index is -0.519. The highest BCUT2D eigenvalue weighted by Crippen LogP contribution is 2.63. The molecule has 0 aromatic heterocycles. The predicted octanol–water partition coefficient (Wildman–Crippen LogP) is 3.22. The predicted molar refractivity (Wildman–Crippen MR) is 106 cm³/mol. The lowest BCUT2D eigenvalue weighted by molar-refractivity contribution is -0.390. The highest BCUT2D eigenvalue weighted by Gasteiger charge is 2.66. The molecule has 5 saturated carbocycles. The summed E-state index contributed by atoms with van der Waals surface area (Å²) in [4.78, 5) is 26.6. The number of nitrogens with zero attached hydrogens (tertiary/aromatic N) is 1. The summed E-state index contributed by atoms with van der Waals surface area (Å²) in [7, 11) is 0. The third-order valence-corrected chi connectivity index (χ3v) is 9.05. The molecule has 2 spiro atoms. The van der Waals surface area contributed by atoms with Crippen molar-refractivity contribution in [2.75, 3.05) is 26.2 Å². The van der Waals surface area contributed by atoms with Crippen LogP contribution in [0.4, 0.5) is 0 Å². The van der Waals surface area contributed by atoms with E-state index in [4.69, 9.17) is 14.5 Å². The summed E-state index contributed by atoms with van der Waals surface area (Å²) in [5.74, 6) is 2.84. The van der Waals surface area contributed by atoms with Crippen LogP contribution >= 0.6 is 0 Å². The van der Waals surface area contributed by atoms with Gasteiger partial charge in [-0.1, -0.05) is 0 Å². The molecule has 2 heterocycles. The van der Waals surface area contributed by atoms with E-state index in [2.05, 4.69) is 5.32 Å². The number of ether oxygens (including phenoxy) is 1. The summed E-state index contributed by atoms with van der Waals surface area (Å²) >= 11 is 0. The Morgan fingerprint density at radius 3 is 2.24 bits per heavy atom. The van der Waals surface area contributed by atoms with Crippen LogP contribution in [-0.4, -0.2) is 48.6 Å². The molecular weight excluding hydrogens is 368 g/mol. The number of carbonyl (C=O) groups excluding carboxylic acids is 1. The van der Waals surface area contributed by atoms with Crippen molar-refractivity contribution in [3.8, 4) is 0 Å². The van der Waals surface area contributed by atoms with Crippen LogP contribution in [0.5, 0.6) is 0 Å². The Labute approximate surface area is 173 Å². The number of amides is 1. The first-order chi connectivity index (χ1) is 14.1. The molecule has 0 radical (unpaired) electrons. The fourth-order valence-corrected chi connectivity index (χ4v) is 7.60. The Kier molecular flexibility index (Phi) is 4.71. The van der Waals surface area contributed by atoms with Gasteiger partial charge in [0, 0.05) is 57.3 Å². The lowest BCUT2D eigenvalue weighted by Gasteiger charge is -2.57. The van der Waals surface area contributed by atoms with Gasteiger partial charge in [0.2, 0.25) is 17.5 Å². The summed E-state index contributed by atoms with van der Waals surface area (Å²) in [5, 5.41) is 3.31. The zero-order chi connectivity index (χ0) is 19.5. The van der Waals surface area contributed by atoms with Gasteiger partial charge in [-0.05, 0) is 69.1 Å². The monoisotopic (exact) mass is 404 g/mol. The van der Waals surface area contributed by atoms with Crippen LogP contribution in [0.15, 0.2) is 0 Å². The summed E-state index contributed by atoms with van der Waals surface area (Å²) in [6, 6.07) is 0. The first-order valence-corrected chi connectivity index (χ1v) is 12.2. The molecule has 2 aliphatic heterocycles. The fraction of sp³-hybridized carbons (Fsp3) is 0.957. The molecule has 7 rings (SSSR count). The van der Waals surface area contributed by atoms with Crippen molar-refractivity contribution in [3.05, 3.63) is 0 Å². The Morgan fingerprint density at radius 1 is 0.931 bits per heavy atom. The first kappa shape index (κ1) is 19.0. The number of piperazine rings is 1. The molecule has 5 aliphatic carbocycles. The molecule has 6 nitrogen and oxygen atoms in total. The number of rotatable bonds is 3. The lowest BCUT2D eigenvalue weighted by Crippen LogP contribution is -2.59. The maximum absolute atomic E-state index is 12.5. The van der Waals surface area contributed by atoms with Gasteiger partial charge in [-0.15, -0.1) is 0 Å². The molecule has 162 valence electrons. The van der Waals surface area contributed by atoms with Crippen molar-refractivity contribution in [1.29, 1.82) is 0 Å². The molecule has 0 unspecified atom stereocenters. The molecule has 2 saturated heterocycles. The average Bonchev–Trinajstić information content (AvgIpc) is 3.12. The van der Waals surface area contributed by atoms with Crippen LogP contribution in [0.3, 0.4) is 0 Å². The Balaban J connectivity index is 1.03. The molecular formula is C23H36N2O4. The highest BCUT2D eigenvalue weighted by molar-refractivity contribution is 5.76. The van der Waals surface area contributed by atoms with Crippen molar-refractivity contribution >= 4 is 5.91 Å². The molecule has 6 heteroatoms. The van der Waals surface area contributed by atoms with Crippen LogP contribution in [0.25, 0.3) is 0 Å². The van der Waals surface area contributed by atoms with Gasteiger partial charge in [0.15, 0.2) is 0 Å². The van der Waals surface area contributed by atoms with E-state index in [-0.39, 0.29) is 0 Å². The molecule has 29 heavy (non-hydrogen) atoms. The normalized spacial score (nSPS) is 48.7. The van der Waals surface area contributed by atoms with E-state index in [0.717, 1.165) is 70.1 Å². The third kappa shape index (κ3) is 3.26. The third-order valence-electron chi connectivity index (χ3n) is 9.05. The summed E-state index contributed by atoms with van der Waals surface area (Å²) in [6.07, 6.45) is 12.2. The Morgan fingerprint density at radius 2 is 1.59 bits per heavy atom. The van der Waals surface area contributed by atoms with E-state index in [0.29, 0.717) is 30.1 Å². The molecule has 7 aliphatic rings. The van der Waals surface area contributed by atoms with Gasteiger partial charge in [-0.3, -0.25) is 4.79 Å². The quantitative estimate of drug-likeness (QED) is 0.732. The van der Waals surface area contributed by atoms with Crippen LogP contribution in [-0.2, 0) is 19.3 Å². The average molecular weight is 405 g/mol. The Hall–Kier alpha value is -0.690. The first-order valence-electron chi connectivity index (χ1n) is 12.2. The van der Waals surface area contributed by atoms with Crippen LogP contribution < -0.4 is 5.32 Å². The molecule has 7 fully saturated rings. The SMILES string of the molecule is O=C(CCC1CCC2(CC1)OOC1(O2)C2CC3CC(C2)CC1C3)N1CCNCC1. The highest BCUT2D eigenvalue weighted by atomic mass is 17.3. The van der Waals surface area contributed by atoms with Gasteiger partial charge < -0.3 is 15.0 Å². The van der Waals surface area contributed by atoms with Crippen molar-refractivity contribution < 1.29 is 19.3 Å². The number of carbonyl (C=O) groups is 1. The summed E-state index contributed by atoms with van der Waals surface area (Å²) < 4.78 is 6.80. The minimum absolute atomic E-state index is 0.330. The molecule has 1 amide bonds. The lowest BCUT2D eigenvalue weighted by atomic mass is 9.53. The van der Waals surface area contributed by atoms with Crippen molar-refractivity contribution in [2.45, 2.75) is 82.2 Å².